The second-order valence-corrected chi connectivity index (χ2v) is 6.05. The van der Waals surface area contributed by atoms with Crippen LogP contribution < -0.4 is 9.47 Å². The van der Waals surface area contributed by atoms with Crippen LogP contribution in [-0.2, 0) is 11.2 Å². The van der Waals surface area contributed by atoms with Gasteiger partial charge in [0, 0.05) is 7.05 Å². The van der Waals surface area contributed by atoms with E-state index in [1.54, 1.807) is 37.3 Å². The fourth-order valence-electron chi connectivity index (χ4n) is 2.11. The van der Waals surface area contributed by atoms with Gasteiger partial charge >= 0.3 is 0 Å². The topological polar surface area (TPSA) is 38.8 Å². The molecule has 0 unspecified atom stereocenters. The molecule has 128 valence electrons. The number of carbonyl (C=O) groups is 1. The summed E-state index contributed by atoms with van der Waals surface area (Å²) in [5, 5.41) is 0.926. The number of nitrogens with zero attached hydrogens (tertiary/aromatic N) is 1. The number of benzene rings is 2. The molecular weight excluding hydrogens is 349 g/mol. The van der Waals surface area contributed by atoms with Gasteiger partial charge in [0.25, 0.3) is 0 Å². The smallest absolute Gasteiger partial charge is 0.226 e. The van der Waals surface area contributed by atoms with E-state index >= 15 is 0 Å². The van der Waals surface area contributed by atoms with Crippen molar-refractivity contribution in [2.24, 2.45) is 0 Å². The van der Waals surface area contributed by atoms with Crippen LogP contribution in [0, 0.1) is 0 Å². The van der Waals surface area contributed by atoms with Crippen molar-refractivity contribution in [2.75, 3.05) is 27.3 Å². The molecule has 0 aliphatic carbocycles. The second-order valence-electron chi connectivity index (χ2n) is 5.24. The largest absolute Gasteiger partial charge is 0.493 e. The first-order valence-corrected chi connectivity index (χ1v) is 8.20. The lowest BCUT2D eigenvalue weighted by molar-refractivity contribution is -0.129. The van der Waals surface area contributed by atoms with Crippen LogP contribution in [0.2, 0.25) is 10.0 Å². The molecule has 0 atom stereocenters. The predicted molar refractivity (Wildman–Crippen MR) is 96.3 cm³/mol. The number of hydrogen-bond acceptors (Lipinski definition) is 3. The minimum absolute atomic E-state index is 0.0167. The van der Waals surface area contributed by atoms with E-state index in [0.29, 0.717) is 34.7 Å². The fraction of sp³-hybridized carbons (Fsp3) is 0.278. The van der Waals surface area contributed by atoms with Crippen LogP contribution in [0.1, 0.15) is 5.56 Å². The molecule has 2 aromatic rings. The van der Waals surface area contributed by atoms with Gasteiger partial charge in [-0.15, -0.1) is 0 Å². The average Bonchev–Trinajstić information content (AvgIpc) is 2.58. The van der Waals surface area contributed by atoms with Gasteiger partial charge in [-0.05, 0) is 29.8 Å². The minimum atomic E-state index is -0.0167. The molecule has 0 spiro atoms. The Morgan fingerprint density at radius 2 is 1.79 bits per heavy atom. The van der Waals surface area contributed by atoms with Crippen molar-refractivity contribution in [3.8, 4) is 11.5 Å². The lowest BCUT2D eigenvalue weighted by Crippen LogP contribution is -2.32. The van der Waals surface area contributed by atoms with Gasteiger partial charge in [-0.3, -0.25) is 4.79 Å². The standard InChI is InChI=1S/C18H19Cl2NO3/c1-21(9-10-24-17-6-4-3-5-16(17)23-2)18(22)12-13-7-8-14(19)15(20)11-13/h3-8,11H,9-10,12H2,1-2H3. The van der Waals surface area contributed by atoms with Crippen molar-refractivity contribution in [1.82, 2.24) is 4.90 Å². The van der Waals surface area contributed by atoms with Crippen molar-refractivity contribution >= 4 is 29.1 Å². The number of methoxy groups -OCH3 is 1. The molecule has 0 aliphatic heterocycles. The molecule has 0 bridgehead atoms. The van der Waals surface area contributed by atoms with Crippen LogP contribution in [0.15, 0.2) is 42.5 Å². The van der Waals surface area contributed by atoms with Gasteiger partial charge in [-0.25, -0.2) is 0 Å². The number of ether oxygens (including phenoxy) is 2. The third-order valence-electron chi connectivity index (χ3n) is 3.52. The quantitative estimate of drug-likeness (QED) is 0.739. The summed E-state index contributed by atoms with van der Waals surface area (Å²) in [5.41, 5.74) is 0.826. The Labute approximate surface area is 151 Å². The van der Waals surface area contributed by atoms with Gasteiger partial charge in [0.15, 0.2) is 11.5 Å². The lowest BCUT2D eigenvalue weighted by atomic mass is 10.1. The van der Waals surface area contributed by atoms with E-state index in [-0.39, 0.29) is 12.3 Å². The molecule has 6 heteroatoms. The van der Waals surface area contributed by atoms with E-state index in [2.05, 4.69) is 0 Å². The minimum Gasteiger partial charge on any atom is -0.493 e. The van der Waals surface area contributed by atoms with Gasteiger partial charge in [0.1, 0.15) is 6.61 Å². The monoisotopic (exact) mass is 367 g/mol. The summed E-state index contributed by atoms with van der Waals surface area (Å²) in [6, 6.07) is 12.6. The highest BCUT2D eigenvalue weighted by Gasteiger charge is 2.11. The van der Waals surface area contributed by atoms with E-state index < -0.39 is 0 Å². The van der Waals surface area contributed by atoms with E-state index in [4.69, 9.17) is 32.7 Å². The van der Waals surface area contributed by atoms with Gasteiger partial charge < -0.3 is 14.4 Å². The molecule has 0 fully saturated rings. The molecule has 1 amide bonds. The zero-order chi connectivity index (χ0) is 17.5. The number of carbonyl (C=O) groups excluding carboxylic acids is 1. The maximum absolute atomic E-state index is 12.2. The Morgan fingerprint density at radius 3 is 2.46 bits per heavy atom. The summed E-state index contributed by atoms with van der Waals surface area (Å²) < 4.78 is 10.9. The van der Waals surface area contributed by atoms with Crippen LogP contribution in [0.4, 0.5) is 0 Å². The van der Waals surface area contributed by atoms with Crippen molar-refractivity contribution < 1.29 is 14.3 Å². The third kappa shape index (κ3) is 5.05. The molecule has 0 radical (unpaired) electrons. The summed E-state index contributed by atoms with van der Waals surface area (Å²) in [5.74, 6) is 1.31. The summed E-state index contributed by atoms with van der Waals surface area (Å²) in [6.07, 6.45) is 0.266. The number of likely N-dealkylation sites (N-methyl/N-ethyl adjacent to an activating group) is 1. The number of amides is 1. The molecule has 0 N–H and O–H groups in total. The highest BCUT2D eigenvalue weighted by Crippen LogP contribution is 2.25. The Bertz CT molecular complexity index is 706. The number of para-hydroxylation sites is 2. The zero-order valence-corrected chi connectivity index (χ0v) is 15.1. The van der Waals surface area contributed by atoms with Crippen molar-refractivity contribution in [3.63, 3.8) is 0 Å². The summed E-state index contributed by atoms with van der Waals surface area (Å²) >= 11 is 11.8. The first-order valence-electron chi connectivity index (χ1n) is 7.45. The van der Waals surface area contributed by atoms with Crippen LogP contribution in [-0.4, -0.2) is 38.1 Å². The summed E-state index contributed by atoms with van der Waals surface area (Å²) in [6.45, 7) is 0.849. The van der Waals surface area contributed by atoms with E-state index in [1.807, 2.05) is 24.3 Å². The molecule has 0 heterocycles. The highest BCUT2D eigenvalue weighted by atomic mass is 35.5. The third-order valence-corrected chi connectivity index (χ3v) is 4.26. The molecule has 0 saturated heterocycles. The first-order chi connectivity index (χ1) is 11.5. The number of rotatable bonds is 7. The second kappa shape index (κ2) is 8.81. The Kier molecular flexibility index (Phi) is 6.76. The van der Waals surface area contributed by atoms with Gasteiger partial charge in [0.05, 0.1) is 30.1 Å². The predicted octanol–water partition coefficient (Wildman–Crippen LogP) is 4.08. The van der Waals surface area contributed by atoms with Crippen molar-refractivity contribution in [3.05, 3.63) is 58.1 Å². The lowest BCUT2D eigenvalue weighted by Gasteiger charge is -2.18. The van der Waals surface area contributed by atoms with Crippen molar-refractivity contribution in [1.29, 1.82) is 0 Å². The molecule has 24 heavy (non-hydrogen) atoms. The maximum atomic E-state index is 12.2. The molecule has 0 aliphatic rings. The van der Waals surface area contributed by atoms with E-state index in [9.17, 15) is 4.79 Å². The van der Waals surface area contributed by atoms with Crippen LogP contribution in [0.5, 0.6) is 11.5 Å². The number of halogens is 2. The Balaban J connectivity index is 1.84. The summed E-state index contributed by atoms with van der Waals surface area (Å²) in [7, 11) is 3.33. The highest BCUT2D eigenvalue weighted by molar-refractivity contribution is 6.42. The van der Waals surface area contributed by atoms with E-state index in [0.717, 1.165) is 5.56 Å². The van der Waals surface area contributed by atoms with Gasteiger partial charge in [-0.1, -0.05) is 41.4 Å². The zero-order valence-electron chi connectivity index (χ0n) is 13.6. The van der Waals surface area contributed by atoms with Crippen molar-refractivity contribution in [2.45, 2.75) is 6.42 Å². The van der Waals surface area contributed by atoms with Crippen LogP contribution in [0.3, 0.4) is 0 Å². The fourth-order valence-corrected chi connectivity index (χ4v) is 2.44. The molecule has 2 aromatic carbocycles. The molecule has 2 rings (SSSR count). The first kappa shape index (κ1) is 18.4. The van der Waals surface area contributed by atoms with Gasteiger partial charge in [0.2, 0.25) is 5.91 Å². The van der Waals surface area contributed by atoms with Crippen LogP contribution >= 0.6 is 23.2 Å². The molecule has 0 aromatic heterocycles. The van der Waals surface area contributed by atoms with Crippen LogP contribution in [0.25, 0.3) is 0 Å². The Morgan fingerprint density at radius 1 is 1.08 bits per heavy atom. The molecule has 4 nitrogen and oxygen atoms in total. The molecular formula is C18H19Cl2NO3. The van der Waals surface area contributed by atoms with E-state index in [1.165, 1.54) is 0 Å². The molecule has 0 saturated carbocycles. The number of hydrogen-bond donors (Lipinski definition) is 0. The maximum Gasteiger partial charge on any atom is 0.226 e. The average molecular weight is 368 g/mol. The Hall–Kier alpha value is -1.91. The summed E-state index contributed by atoms with van der Waals surface area (Å²) in [4.78, 5) is 13.9. The normalized spacial score (nSPS) is 10.3. The van der Waals surface area contributed by atoms with Gasteiger partial charge in [-0.2, -0.15) is 0 Å². The SMILES string of the molecule is COc1ccccc1OCCN(C)C(=O)Cc1ccc(Cl)c(Cl)c1.